The summed E-state index contributed by atoms with van der Waals surface area (Å²) in [5.41, 5.74) is 3.39. The second kappa shape index (κ2) is 8.24. The Bertz CT molecular complexity index is 1180. The zero-order chi connectivity index (χ0) is 21.1. The van der Waals surface area contributed by atoms with E-state index in [1.165, 1.54) is 0 Å². The summed E-state index contributed by atoms with van der Waals surface area (Å²) in [7, 11) is 3.14. The summed E-state index contributed by atoms with van der Waals surface area (Å²) < 4.78 is 12.4. The average molecular weight is 402 g/mol. The first-order chi connectivity index (χ1) is 14.6. The van der Waals surface area contributed by atoms with E-state index in [9.17, 15) is 4.79 Å². The fraction of sp³-hybridized carbons (Fsp3) is 0.174. The van der Waals surface area contributed by atoms with Crippen LogP contribution < -0.4 is 14.8 Å². The molecule has 7 heteroatoms. The van der Waals surface area contributed by atoms with E-state index in [-0.39, 0.29) is 5.91 Å². The van der Waals surface area contributed by atoms with Crippen LogP contribution in [0.3, 0.4) is 0 Å². The second-order valence-electron chi connectivity index (χ2n) is 6.67. The lowest BCUT2D eigenvalue weighted by Gasteiger charge is -2.11. The molecule has 1 N–H and O–H groups in total. The summed E-state index contributed by atoms with van der Waals surface area (Å²) in [5.74, 6) is 0.923. The molecular weight excluding hydrogens is 380 g/mol. The average Bonchev–Trinajstić information content (AvgIpc) is 3.21. The molecule has 0 aliphatic rings. The van der Waals surface area contributed by atoms with Gasteiger partial charge in [0.25, 0.3) is 5.91 Å². The van der Waals surface area contributed by atoms with Gasteiger partial charge in [0, 0.05) is 36.0 Å². The number of carbonyl (C=O) groups is 1. The number of rotatable bonds is 6. The van der Waals surface area contributed by atoms with Crippen molar-refractivity contribution in [3.05, 3.63) is 66.4 Å². The molecule has 4 rings (SSSR count). The van der Waals surface area contributed by atoms with E-state index in [1.807, 2.05) is 37.3 Å². The third-order valence-electron chi connectivity index (χ3n) is 4.83. The number of hydrogen-bond donors (Lipinski definition) is 1. The standard InChI is InChI=1S/C23H22N4O3/c1-4-27-22-20(14-24-27)19(13-21(26-22)15-8-6-5-7-9-15)23(28)25-16-10-17(29-2)12-18(11-16)30-3/h5-14H,4H2,1-3H3,(H,25,28). The Labute approximate surface area is 174 Å². The van der Waals surface area contributed by atoms with Gasteiger partial charge in [-0.05, 0) is 13.0 Å². The van der Waals surface area contributed by atoms with Gasteiger partial charge in [0.05, 0.1) is 37.1 Å². The molecule has 4 aromatic rings. The van der Waals surface area contributed by atoms with Crippen LogP contribution in [0.5, 0.6) is 11.5 Å². The number of amides is 1. The van der Waals surface area contributed by atoms with Gasteiger partial charge < -0.3 is 14.8 Å². The molecule has 152 valence electrons. The van der Waals surface area contributed by atoms with Crippen LogP contribution in [0.25, 0.3) is 22.3 Å². The number of nitrogens with one attached hydrogen (secondary N) is 1. The number of benzene rings is 2. The predicted octanol–water partition coefficient (Wildman–Crippen LogP) is 4.39. The van der Waals surface area contributed by atoms with E-state index in [2.05, 4.69) is 10.4 Å². The topological polar surface area (TPSA) is 78.3 Å². The maximum absolute atomic E-state index is 13.3. The molecule has 0 fully saturated rings. The van der Waals surface area contributed by atoms with Crippen LogP contribution in [0.15, 0.2) is 60.8 Å². The van der Waals surface area contributed by atoms with Crippen molar-refractivity contribution < 1.29 is 14.3 Å². The highest BCUT2D eigenvalue weighted by atomic mass is 16.5. The van der Waals surface area contributed by atoms with E-state index in [0.717, 1.165) is 5.56 Å². The molecule has 2 aromatic heterocycles. The van der Waals surface area contributed by atoms with E-state index < -0.39 is 0 Å². The minimum atomic E-state index is -0.259. The number of methoxy groups -OCH3 is 2. The van der Waals surface area contributed by atoms with Crippen LogP contribution in [-0.2, 0) is 6.54 Å². The minimum absolute atomic E-state index is 0.259. The molecule has 2 aromatic carbocycles. The number of carbonyl (C=O) groups excluding carboxylic acids is 1. The van der Waals surface area contributed by atoms with Crippen molar-refractivity contribution >= 4 is 22.6 Å². The monoisotopic (exact) mass is 402 g/mol. The third-order valence-corrected chi connectivity index (χ3v) is 4.83. The fourth-order valence-corrected chi connectivity index (χ4v) is 3.30. The number of hydrogen-bond acceptors (Lipinski definition) is 5. The molecule has 0 aliphatic carbocycles. The summed E-state index contributed by atoms with van der Waals surface area (Å²) >= 11 is 0. The summed E-state index contributed by atoms with van der Waals surface area (Å²) in [4.78, 5) is 18.0. The molecule has 0 unspecified atom stereocenters. The minimum Gasteiger partial charge on any atom is -0.497 e. The number of anilines is 1. The van der Waals surface area contributed by atoms with Crippen LogP contribution in [-0.4, -0.2) is 34.9 Å². The molecule has 30 heavy (non-hydrogen) atoms. The number of aromatic nitrogens is 3. The third kappa shape index (κ3) is 3.69. The smallest absolute Gasteiger partial charge is 0.256 e. The normalized spacial score (nSPS) is 10.8. The highest BCUT2D eigenvalue weighted by Crippen LogP contribution is 2.28. The Morgan fingerprint density at radius 3 is 2.37 bits per heavy atom. The molecule has 0 saturated heterocycles. The maximum Gasteiger partial charge on any atom is 0.256 e. The highest BCUT2D eigenvalue weighted by molar-refractivity contribution is 6.12. The van der Waals surface area contributed by atoms with Gasteiger partial charge in [0.15, 0.2) is 5.65 Å². The van der Waals surface area contributed by atoms with E-state index in [1.54, 1.807) is 49.4 Å². The molecule has 0 spiro atoms. The predicted molar refractivity (Wildman–Crippen MR) is 116 cm³/mol. The van der Waals surface area contributed by atoms with Crippen molar-refractivity contribution in [2.45, 2.75) is 13.5 Å². The van der Waals surface area contributed by atoms with Crippen LogP contribution >= 0.6 is 0 Å². The van der Waals surface area contributed by atoms with Gasteiger partial charge in [0.1, 0.15) is 11.5 Å². The zero-order valence-corrected chi connectivity index (χ0v) is 17.0. The Morgan fingerprint density at radius 1 is 1.03 bits per heavy atom. The Balaban J connectivity index is 1.79. The van der Waals surface area contributed by atoms with Crippen LogP contribution in [0.2, 0.25) is 0 Å². The first-order valence-corrected chi connectivity index (χ1v) is 9.59. The summed E-state index contributed by atoms with van der Waals surface area (Å²) in [6, 6.07) is 16.8. The summed E-state index contributed by atoms with van der Waals surface area (Å²) in [6.45, 7) is 2.65. The first kappa shape index (κ1) is 19.4. The maximum atomic E-state index is 13.3. The quantitative estimate of drug-likeness (QED) is 0.518. The van der Waals surface area contributed by atoms with Gasteiger partial charge in [-0.2, -0.15) is 5.10 Å². The van der Waals surface area contributed by atoms with Crippen LogP contribution in [0.4, 0.5) is 5.69 Å². The van der Waals surface area contributed by atoms with E-state index >= 15 is 0 Å². The van der Waals surface area contributed by atoms with Gasteiger partial charge in [-0.3, -0.25) is 4.79 Å². The van der Waals surface area contributed by atoms with Gasteiger partial charge in [-0.1, -0.05) is 30.3 Å². The van der Waals surface area contributed by atoms with Crippen LogP contribution in [0.1, 0.15) is 17.3 Å². The molecular formula is C23H22N4O3. The number of pyridine rings is 1. The second-order valence-corrected chi connectivity index (χ2v) is 6.67. The summed E-state index contributed by atoms with van der Waals surface area (Å²) in [5, 5.41) is 8.03. The number of nitrogens with zero attached hydrogens (tertiary/aromatic N) is 3. The molecule has 0 bridgehead atoms. The Morgan fingerprint density at radius 2 is 1.73 bits per heavy atom. The van der Waals surface area contributed by atoms with Crippen molar-refractivity contribution in [2.75, 3.05) is 19.5 Å². The molecule has 0 radical (unpaired) electrons. The van der Waals surface area contributed by atoms with Crippen molar-refractivity contribution in [3.63, 3.8) is 0 Å². The molecule has 7 nitrogen and oxygen atoms in total. The number of aryl methyl sites for hydroxylation is 1. The fourth-order valence-electron chi connectivity index (χ4n) is 3.30. The van der Waals surface area contributed by atoms with E-state index in [4.69, 9.17) is 14.5 Å². The largest absolute Gasteiger partial charge is 0.497 e. The van der Waals surface area contributed by atoms with Crippen molar-refractivity contribution in [1.82, 2.24) is 14.8 Å². The van der Waals surface area contributed by atoms with Crippen molar-refractivity contribution in [1.29, 1.82) is 0 Å². The molecule has 0 aliphatic heterocycles. The SMILES string of the molecule is CCn1ncc2c(C(=O)Nc3cc(OC)cc(OC)c3)cc(-c3ccccc3)nc21. The highest BCUT2D eigenvalue weighted by Gasteiger charge is 2.18. The van der Waals surface area contributed by atoms with Crippen LogP contribution in [0, 0.1) is 0 Å². The van der Waals surface area contributed by atoms with Crippen molar-refractivity contribution in [2.24, 2.45) is 0 Å². The van der Waals surface area contributed by atoms with Gasteiger partial charge in [0.2, 0.25) is 0 Å². The van der Waals surface area contributed by atoms with E-state index in [0.29, 0.717) is 46.0 Å². The number of fused-ring (bicyclic) bond motifs is 1. The number of ether oxygens (including phenoxy) is 2. The lowest BCUT2D eigenvalue weighted by molar-refractivity contribution is 0.102. The molecule has 0 atom stereocenters. The molecule has 2 heterocycles. The summed E-state index contributed by atoms with van der Waals surface area (Å²) in [6.07, 6.45) is 1.68. The lowest BCUT2D eigenvalue weighted by atomic mass is 10.1. The van der Waals surface area contributed by atoms with Gasteiger partial charge in [-0.25, -0.2) is 9.67 Å². The van der Waals surface area contributed by atoms with Crippen molar-refractivity contribution in [3.8, 4) is 22.8 Å². The lowest BCUT2D eigenvalue weighted by Crippen LogP contribution is -2.13. The Hall–Kier alpha value is -3.87. The zero-order valence-electron chi connectivity index (χ0n) is 17.0. The molecule has 1 amide bonds. The van der Waals surface area contributed by atoms with Gasteiger partial charge >= 0.3 is 0 Å². The molecule has 0 saturated carbocycles. The Kier molecular flexibility index (Phi) is 5.34. The van der Waals surface area contributed by atoms with Gasteiger partial charge in [-0.15, -0.1) is 0 Å². The first-order valence-electron chi connectivity index (χ1n) is 9.59.